The first kappa shape index (κ1) is 20.0. The normalized spacial score (nSPS) is 15.4. The smallest absolute Gasteiger partial charge is 0.235 e. The molecule has 1 fully saturated rings. The lowest BCUT2D eigenvalue weighted by molar-refractivity contribution is -0.121. The quantitative estimate of drug-likeness (QED) is 0.511. The van der Waals surface area contributed by atoms with Gasteiger partial charge in [-0.3, -0.25) is 9.78 Å². The van der Waals surface area contributed by atoms with Crippen LogP contribution in [-0.2, 0) is 10.2 Å². The fraction of sp³-hybridized carbons (Fsp3) is 0.304. The van der Waals surface area contributed by atoms with Crippen LogP contribution in [0.4, 0.5) is 5.69 Å². The molecule has 150 valence electrons. The maximum atomic E-state index is 13.6. The van der Waals surface area contributed by atoms with Crippen LogP contribution in [0.3, 0.4) is 0 Å². The molecule has 1 heterocycles. The number of benzene rings is 2. The van der Waals surface area contributed by atoms with Crippen molar-refractivity contribution in [3.63, 3.8) is 0 Å². The number of anilines is 1. The molecule has 2 aromatic carbocycles. The van der Waals surface area contributed by atoms with Gasteiger partial charge in [-0.25, -0.2) is 0 Å². The van der Waals surface area contributed by atoms with Gasteiger partial charge in [0.2, 0.25) is 5.91 Å². The van der Waals surface area contributed by atoms with Crippen LogP contribution in [0, 0.1) is 0 Å². The van der Waals surface area contributed by atoms with E-state index in [9.17, 15) is 4.79 Å². The maximum absolute atomic E-state index is 13.6. The topological polar surface area (TPSA) is 51.2 Å². The van der Waals surface area contributed by atoms with Crippen molar-refractivity contribution in [3.05, 3.63) is 64.3 Å². The average Bonchev–Trinajstić information content (AvgIpc) is 3.21. The van der Waals surface area contributed by atoms with E-state index >= 15 is 0 Å². The molecule has 4 nitrogen and oxygen atoms in total. The molecule has 0 aliphatic heterocycles. The van der Waals surface area contributed by atoms with E-state index in [4.69, 9.17) is 27.9 Å². The van der Waals surface area contributed by atoms with Gasteiger partial charge in [-0.05, 0) is 61.7 Å². The van der Waals surface area contributed by atoms with Crippen LogP contribution in [0.5, 0.6) is 5.75 Å². The van der Waals surface area contributed by atoms with Crippen LogP contribution in [0.25, 0.3) is 10.9 Å². The SMILES string of the molecule is CCOc1ccc(NC(=O)C2(c3ccc(Cl)cc3Cl)CCCC2)c2cccnc12. The van der Waals surface area contributed by atoms with Gasteiger partial charge >= 0.3 is 0 Å². The number of carbonyl (C=O) groups excluding carboxylic acids is 1. The van der Waals surface area contributed by atoms with E-state index in [2.05, 4.69) is 10.3 Å². The molecule has 0 spiro atoms. The van der Waals surface area contributed by atoms with E-state index in [1.54, 1.807) is 18.3 Å². The Bertz CT molecular complexity index is 1060. The summed E-state index contributed by atoms with van der Waals surface area (Å²) in [7, 11) is 0. The predicted octanol–water partition coefficient (Wildman–Crippen LogP) is 6.39. The van der Waals surface area contributed by atoms with E-state index in [1.165, 1.54) is 0 Å². The number of pyridine rings is 1. The molecule has 1 aromatic heterocycles. The Morgan fingerprint density at radius 1 is 1.17 bits per heavy atom. The summed E-state index contributed by atoms with van der Waals surface area (Å²) >= 11 is 12.6. The standard InChI is InChI=1S/C23H22Cl2N2O2/c1-2-29-20-10-9-19(16-6-5-13-26-21(16)20)27-22(28)23(11-3-4-12-23)17-8-7-15(24)14-18(17)25/h5-10,13-14H,2-4,11-12H2,1H3,(H,27,28). The number of rotatable bonds is 5. The summed E-state index contributed by atoms with van der Waals surface area (Å²) in [5.74, 6) is 0.658. The predicted molar refractivity (Wildman–Crippen MR) is 118 cm³/mol. The number of carbonyl (C=O) groups is 1. The van der Waals surface area contributed by atoms with E-state index in [-0.39, 0.29) is 5.91 Å². The van der Waals surface area contributed by atoms with Crippen molar-refractivity contribution in [1.29, 1.82) is 0 Å². The minimum absolute atomic E-state index is 0.0477. The molecular formula is C23H22Cl2N2O2. The molecule has 0 atom stereocenters. The third-order valence-electron chi connectivity index (χ3n) is 5.62. The molecule has 3 aromatic rings. The first-order valence-corrected chi connectivity index (χ1v) is 10.6. The molecule has 29 heavy (non-hydrogen) atoms. The zero-order chi connectivity index (χ0) is 20.4. The molecule has 0 saturated heterocycles. The number of hydrogen-bond acceptors (Lipinski definition) is 3. The highest BCUT2D eigenvalue weighted by Crippen LogP contribution is 2.45. The molecular weight excluding hydrogens is 407 g/mol. The number of hydrogen-bond donors (Lipinski definition) is 1. The molecule has 0 radical (unpaired) electrons. The van der Waals surface area contributed by atoms with E-state index in [0.29, 0.717) is 22.4 Å². The Balaban J connectivity index is 1.74. The van der Waals surface area contributed by atoms with Crippen LogP contribution in [0.15, 0.2) is 48.7 Å². The Kier molecular flexibility index (Phi) is 5.66. The van der Waals surface area contributed by atoms with Crippen LogP contribution in [0.1, 0.15) is 38.2 Å². The molecule has 1 aliphatic rings. The summed E-state index contributed by atoms with van der Waals surface area (Å²) in [5.41, 5.74) is 1.64. The van der Waals surface area contributed by atoms with Gasteiger partial charge in [-0.15, -0.1) is 0 Å². The lowest BCUT2D eigenvalue weighted by atomic mass is 9.77. The second kappa shape index (κ2) is 8.21. The minimum Gasteiger partial charge on any atom is -0.492 e. The van der Waals surface area contributed by atoms with E-state index < -0.39 is 5.41 Å². The number of halogens is 2. The summed E-state index contributed by atoms with van der Waals surface area (Å²) in [5, 5.41) is 5.10. The lowest BCUT2D eigenvalue weighted by Gasteiger charge is -2.29. The molecule has 0 bridgehead atoms. The highest BCUT2D eigenvalue weighted by molar-refractivity contribution is 6.35. The van der Waals surface area contributed by atoms with Crippen LogP contribution >= 0.6 is 23.2 Å². The minimum atomic E-state index is -0.658. The van der Waals surface area contributed by atoms with Gasteiger partial charge in [0.25, 0.3) is 0 Å². The zero-order valence-corrected chi connectivity index (χ0v) is 17.7. The zero-order valence-electron chi connectivity index (χ0n) is 16.2. The number of fused-ring (bicyclic) bond motifs is 1. The van der Waals surface area contributed by atoms with E-state index in [0.717, 1.165) is 47.8 Å². The number of amides is 1. The number of ether oxygens (including phenoxy) is 1. The van der Waals surface area contributed by atoms with Gasteiger partial charge in [0.05, 0.1) is 17.7 Å². The van der Waals surface area contributed by atoms with Gasteiger partial charge in [-0.1, -0.05) is 42.1 Å². The largest absolute Gasteiger partial charge is 0.492 e. The molecule has 1 saturated carbocycles. The van der Waals surface area contributed by atoms with Gasteiger partial charge in [0, 0.05) is 21.6 Å². The number of aromatic nitrogens is 1. The maximum Gasteiger partial charge on any atom is 0.235 e. The fourth-order valence-corrected chi connectivity index (χ4v) is 4.83. The van der Waals surface area contributed by atoms with Crippen molar-refractivity contribution in [2.75, 3.05) is 11.9 Å². The first-order chi connectivity index (χ1) is 14.0. The number of nitrogens with one attached hydrogen (secondary N) is 1. The first-order valence-electron chi connectivity index (χ1n) is 9.82. The van der Waals surface area contributed by atoms with E-state index in [1.807, 2.05) is 37.3 Å². The molecule has 6 heteroatoms. The van der Waals surface area contributed by atoms with Crippen LogP contribution in [-0.4, -0.2) is 17.5 Å². The molecule has 1 aliphatic carbocycles. The van der Waals surface area contributed by atoms with Crippen LogP contribution in [0.2, 0.25) is 10.0 Å². The van der Waals surface area contributed by atoms with Gasteiger partial charge in [0.1, 0.15) is 11.3 Å². The second-order valence-electron chi connectivity index (χ2n) is 7.31. The third kappa shape index (κ3) is 3.67. The molecule has 4 rings (SSSR count). The van der Waals surface area contributed by atoms with Crippen molar-refractivity contribution in [3.8, 4) is 5.75 Å². The Hall–Kier alpha value is -2.30. The highest BCUT2D eigenvalue weighted by atomic mass is 35.5. The highest BCUT2D eigenvalue weighted by Gasteiger charge is 2.44. The Morgan fingerprint density at radius 3 is 2.69 bits per heavy atom. The molecule has 1 amide bonds. The van der Waals surface area contributed by atoms with Crippen molar-refractivity contribution >= 4 is 45.7 Å². The summed E-state index contributed by atoms with van der Waals surface area (Å²) in [6.07, 6.45) is 5.21. The fourth-order valence-electron chi connectivity index (χ4n) is 4.24. The van der Waals surface area contributed by atoms with Crippen molar-refractivity contribution in [2.45, 2.75) is 38.0 Å². The lowest BCUT2D eigenvalue weighted by Crippen LogP contribution is -2.38. The van der Waals surface area contributed by atoms with Crippen molar-refractivity contribution in [2.24, 2.45) is 0 Å². The molecule has 1 N–H and O–H groups in total. The van der Waals surface area contributed by atoms with Crippen LogP contribution < -0.4 is 10.1 Å². The summed E-state index contributed by atoms with van der Waals surface area (Å²) in [4.78, 5) is 18.0. The summed E-state index contributed by atoms with van der Waals surface area (Å²) in [6.45, 7) is 2.49. The monoisotopic (exact) mass is 428 g/mol. The van der Waals surface area contributed by atoms with Crippen molar-refractivity contribution < 1.29 is 9.53 Å². The summed E-state index contributed by atoms with van der Waals surface area (Å²) in [6, 6.07) is 12.9. The van der Waals surface area contributed by atoms with Gasteiger partial charge < -0.3 is 10.1 Å². The summed E-state index contributed by atoms with van der Waals surface area (Å²) < 4.78 is 5.69. The number of nitrogens with zero attached hydrogens (tertiary/aromatic N) is 1. The third-order valence-corrected chi connectivity index (χ3v) is 6.17. The molecule has 0 unspecified atom stereocenters. The average molecular weight is 429 g/mol. The second-order valence-corrected chi connectivity index (χ2v) is 8.15. The van der Waals surface area contributed by atoms with Gasteiger partial charge in [0.15, 0.2) is 0 Å². The Labute approximate surface area is 180 Å². The Morgan fingerprint density at radius 2 is 1.97 bits per heavy atom. The van der Waals surface area contributed by atoms with Crippen molar-refractivity contribution in [1.82, 2.24) is 4.98 Å². The van der Waals surface area contributed by atoms with Gasteiger partial charge in [-0.2, -0.15) is 0 Å².